The number of ether oxygens (including phenoxy) is 1. The van der Waals surface area contributed by atoms with E-state index < -0.39 is 5.54 Å². The Morgan fingerprint density at radius 3 is 2.65 bits per heavy atom. The van der Waals surface area contributed by atoms with Crippen molar-refractivity contribution in [3.05, 3.63) is 36.3 Å². The first-order valence-corrected chi connectivity index (χ1v) is 11.3. The maximum absolute atomic E-state index is 13.3. The zero-order chi connectivity index (χ0) is 21.7. The number of fused-ring (bicyclic) bond motifs is 1. The summed E-state index contributed by atoms with van der Waals surface area (Å²) >= 11 is 0. The molecule has 0 radical (unpaired) electrons. The molecule has 4 rings (SSSR count). The van der Waals surface area contributed by atoms with Crippen molar-refractivity contribution >= 4 is 12.0 Å². The zero-order valence-electron chi connectivity index (χ0n) is 18.2. The van der Waals surface area contributed by atoms with Crippen LogP contribution in [0.2, 0.25) is 0 Å². The van der Waals surface area contributed by atoms with Gasteiger partial charge < -0.3 is 15.0 Å². The number of aromatic nitrogens is 3. The highest BCUT2D eigenvalue weighted by Gasteiger charge is 2.37. The first-order valence-electron chi connectivity index (χ1n) is 11.3. The Hall–Kier alpha value is -2.90. The van der Waals surface area contributed by atoms with Crippen LogP contribution in [0.4, 0.5) is 4.79 Å². The summed E-state index contributed by atoms with van der Waals surface area (Å²) in [6.45, 7) is 4.11. The van der Waals surface area contributed by atoms with Gasteiger partial charge in [0, 0.05) is 31.0 Å². The van der Waals surface area contributed by atoms with E-state index in [0.29, 0.717) is 19.7 Å². The van der Waals surface area contributed by atoms with Gasteiger partial charge in [-0.05, 0) is 44.4 Å². The second-order valence-corrected chi connectivity index (χ2v) is 8.51. The Morgan fingerprint density at radius 1 is 1.13 bits per heavy atom. The van der Waals surface area contributed by atoms with E-state index in [0.717, 1.165) is 62.0 Å². The summed E-state index contributed by atoms with van der Waals surface area (Å²) < 4.78 is 7.19. The maximum Gasteiger partial charge on any atom is 0.318 e. The number of aryl methyl sites for hydroxylation is 1. The molecule has 1 saturated carbocycles. The van der Waals surface area contributed by atoms with E-state index in [1.165, 1.54) is 0 Å². The Labute approximate surface area is 183 Å². The standard InChI is InChI=1S/C23H31N5O3/c1-2-31-21(29)16-23(9-4-3-5-10-23)25-22(30)27-13-6-14-28-19(17-27)15-20(26-28)18-7-11-24-12-8-18/h7-8,11-12,15H,2-6,9-10,13-14,16-17H2,1H3,(H,25,30). The van der Waals surface area contributed by atoms with Crippen molar-refractivity contribution in [1.82, 2.24) is 25.0 Å². The van der Waals surface area contributed by atoms with Gasteiger partial charge in [0.1, 0.15) is 0 Å². The smallest absolute Gasteiger partial charge is 0.318 e. The van der Waals surface area contributed by atoms with Gasteiger partial charge >= 0.3 is 12.0 Å². The highest BCUT2D eigenvalue weighted by molar-refractivity contribution is 5.77. The molecule has 166 valence electrons. The van der Waals surface area contributed by atoms with Crippen LogP contribution in [-0.4, -0.2) is 50.4 Å². The lowest BCUT2D eigenvalue weighted by atomic mass is 9.79. The molecule has 0 bridgehead atoms. The SMILES string of the molecule is CCOC(=O)CC1(NC(=O)N2CCCn3nc(-c4ccncc4)cc3C2)CCCCC1. The van der Waals surface area contributed by atoms with Crippen LogP contribution in [0.15, 0.2) is 30.6 Å². The Kier molecular flexibility index (Phi) is 6.53. The third-order valence-corrected chi connectivity index (χ3v) is 6.25. The monoisotopic (exact) mass is 425 g/mol. The fourth-order valence-electron chi connectivity index (χ4n) is 4.67. The molecule has 2 aromatic heterocycles. The van der Waals surface area contributed by atoms with Crippen molar-refractivity contribution in [2.24, 2.45) is 0 Å². The topological polar surface area (TPSA) is 89.4 Å². The number of hydrogen-bond acceptors (Lipinski definition) is 5. The summed E-state index contributed by atoms with van der Waals surface area (Å²) in [5.41, 5.74) is 2.42. The highest BCUT2D eigenvalue weighted by Crippen LogP contribution is 2.32. The van der Waals surface area contributed by atoms with Crippen LogP contribution < -0.4 is 5.32 Å². The minimum atomic E-state index is -0.504. The average molecular weight is 426 g/mol. The number of carbonyl (C=O) groups is 2. The fourth-order valence-corrected chi connectivity index (χ4v) is 4.67. The molecule has 3 heterocycles. The van der Waals surface area contributed by atoms with Gasteiger partial charge in [-0.1, -0.05) is 19.3 Å². The van der Waals surface area contributed by atoms with Gasteiger partial charge in [-0.25, -0.2) is 4.79 Å². The number of rotatable bonds is 5. The van der Waals surface area contributed by atoms with Gasteiger partial charge in [-0.2, -0.15) is 5.10 Å². The number of hydrogen-bond donors (Lipinski definition) is 1. The number of carbonyl (C=O) groups excluding carboxylic acids is 2. The van der Waals surface area contributed by atoms with Crippen LogP contribution in [-0.2, 0) is 22.6 Å². The molecule has 1 aliphatic carbocycles. The number of amides is 2. The number of urea groups is 1. The molecular formula is C23H31N5O3. The largest absolute Gasteiger partial charge is 0.466 e. The van der Waals surface area contributed by atoms with Crippen molar-refractivity contribution < 1.29 is 14.3 Å². The van der Waals surface area contributed by atoms with Crippen molar-refractivity contribution in [3.63, 3.8) is 0 Å². The minimum Gasteiger partial charge on any atom is -0.466 e. The molecule has 1 aliphatic heterocycles. The first-order chi connectivity index (χ1) is 15.1. The molecule has 0 aromatic carbocycles. The zero-order valence-corrected chi connectivity index (χ0v) is 18.2. The highest BCUT2D eigenvalue weighted by atomic mass is 16.5. The van der Waals surface area contributed by atoms with Crippen LogP contribution in [0.3, 0.4) is 0 Å². The Bertz CT molecular complexity index is 905. The molecule has 1 fully saturated rings. The van der Waals surface area contributed by atoms with E-state index in [4.69, 9.17) is 9.84 Å². The first kappa shape index (κ1) is 21.3. The van der Waals surface area contributed by atoms with E-state index >= 15 is 0 Å². The summed E-state index contributed by atoms with van der Waals surface area (Å²) in [6, 6.07) is 5.83. The van der Waals surface area contributed by atoms with Crippen molar-refractivity contribution in [1.29, 1.82) is 0 Å². The van der Waals surface area contributed by atoms with E-state index in [2.05, 4.69) is 16.4 Å². The lowest BCUT2D eigenvalue weighted by molar-refractivity contribution is -0.145. The molecule has 0 spiro atoms. The second kappa shape index (κ2) is 9.49. The van der Waals surface area contributed by atoms with Crippen LogP contribution in [0.1, 0.15) is 57.6 Å². The van der Waals surface area contributed by atoms with Gasteiger partial charge in [-0.15, -0.1) is 0 Å². The van der Waals surface area contributed by atoms with E-state index in [1.807, 2.05) is 28.6 Å². The van der Waals surface area contributed by atoms with Crippen LogP contribution >= 0.6 is 0 Å². The summed E-state index contributed by atoms with van der Waals surface area (Å²) in [4.78, 5) is 31.4. The number of nitrogens with one attached hydrogen (secondary N) is 1. The summed E-state index contributed by atoms with van der Waals surface area (Å²) in [5, 5.41) is 7.97. The maximum atomic E-state index is 13.3. The predicted molar refractivity (Wildman–Crippen MR) is 116 cm³/mol. The Morgan fingerprint density at radius 2 is 1.90 bits per heavy atom. The van der Waals surface area contributed by atoms with E-state index in [-0.39, 0.29) is 18.4 Å². The molecule has 1 N–H and O–H groups in total. The van der Waals surface area contributed by atoms with Crippen LogP contribution in [0.5, 0.6) is 0 Å². The van der Waals surface area contributed by atoms with Gasteiger partial charge in [0.2, 0.25) is 0 Å². The molecular weight excluding hydrogens is 394 g/mol. The molecule has 2 amide bonds. The number of nitrogens with zero attached hydrogens (tertiary/aromatic N) is 4. The third-order valence-electron chi connectivity index (χ3n) is 6.25. The molecule has 8 heteroatoms. The number of pyridine rings is 1. The minimum absolute atomic E-state index is 0.105. The normalized spacial score (nSPS) is 18.0. The lowest BCUT2D eigenvalue weighted by Crippen LogP contribution is -2.55. The van der Waals surface area contributed by atoms with Crippen LogP contribution in [0, 0.1) is 0 Å². The van der Waals surface area contributed by atoms with Crippen molar-refractivity contribution in [2.75, 3.05) is 13.2 Å². The van der Waals surface area contributed by atoms with Crippen molar-refractivity contribution in [3.8, 4) is 11.3 Å². The van der Waals surface area contributed by atoms with Gasteiger partial charge in [0.25, 0.3) is 0 Å². The molecule has 0 saturated heterocycles. The van der Waals surface area contributed by atoms with E-state index in [1.54, 1.807) is 12.4 Å². The number of esters is 1. The van der Waals surface area contributed by atoms with Crippen LogP contribution in [0.25, 0.3) is 11.3 Å². The van der Waals surface area contributed by atoms with Crippen molar-refractivity contribution in [2.45, 2.75) is 70.5 Å². The summed E-state index contributed by atoms with van der Waals surface area (Å²) in [7, 11) is 0. The van der Waals surface area contributed by atoms with E-state index in [9.17, 15) is 9.59 Å². The molecule has 2 aliphatic rings. The Balaban J connectivity index is 1.48. The molecule has 2 aromatic rings. The average Bonchev–Trinajstić information content (AvgIpc) is 3.06. The van der Waals surface area contributed by atoms with Gasteiger partial charge in [0.05, 0.1) is 36.5 Å². The summed E-state index contributed by atoms with van der Waals surface area (Å²) in [5.74, 6) is -0.236. The third kappa shape index (κ3) is 5.06. The van der Waals surface area contributed by atoms with Gasteiger partial charge in [0.15, 0.2) is 0 Å². The predicted octanol–water partition coefficient (Wildman–Crippen LogP) is 3.52. The molecule has 0 atom stereocenters. The molecule has 31 heavy (non-hydrogen) atoms. The molecule has 0 unspecified atom stereocenters. The fraction of sp³-hybridized carbons (Fsp3) is 0.565. The lowest BCUT2D eigenvalue weighted by Gasteiger charge is -2.39. The second-order valence-electron chi connectivity index (χ2n) is 8.51. The van der Waals surface area contributed by atoms with Gasteiger partial charge in [-0.3, -0.25) is 14.5 Å². The summed E-state index contributed by atoms with van der Waals surface area (Å²) in [6.07, 6.45) is 9.39. The molecule has 8 nitrogen and oxygen atoms in total. The quantitative estimate of drug-likeness (QED) is 0.741.